The van der Waals surface area contributed by atoms with E-state index >= 15 is 0 Å². The van der Waals surface area contributed by atoms with E-state index in [1.54, 1.807) is 4.68 Å². The highest BCUT2D eigenvalue weighted by molar-refractivity contribution is 5.52. The highest BCUT2D eigenvalue weighted by Crippen LogP contribution is 2.19. The van der Waals surface area contributed by atoms with Crippen LogP contribution in [0.25, 0.3) is 0 Å². The van der Waals surface area contributed by atoms with Gasteiger partial charge in [0, 0.05) is 6.54 Å². The van der Waals surface area contributed by atoms with Crippen molar-refractivity contribution >= 4 is 5.82 Å². The van der Waals surface area contributed by atoms with Gasteiger partial charge in [0.1, 0.15) is 17.5 Å². The summed E-state index contributed by atoms with van der Waals surface area (Å²) in [6, 6.07) is 2.17. The van der Waals surface area contributed by atoms with Crippen LogP contribution in [0.1, 0.15) is 51.3 Å². The summed E-state index contributed by atoms with van der Waals surface area (Å²) in [6.07, 6.45) is 4.22. The van der Waals surface area contributed by atoms with Crippen molar-refractivity contribution in [3.8, 4) is 6.07 Å². The lowest BCUT2D eigenvalue weighted by Crippen LogP contribution is -2.05. The molecule has 2 N–H and O–H groups in total. The van der Waals surface area contributed by atoms with Gasteiger partial charge < -0.3 is 5.73 Å². The molecule has 1 aromatic rings. The van der Waals surface area contributed by atoms with Crippen molar-refractivity contribution in [2.45, 2.75) is 53.0 Å². The minimum Gasteiger partial charge on any atom is -0.383 e. The number of nitriles is 1. The fourth-order valence-corrected chi connectivity index (χ4v) is 1.86. The molecule has 0 amide bonds. The topological polar surface area (TPSA) is 67.6 Å². The average molecular weight is 234 g/mol. The SMILES string of the molecule is CCCCCn1nc(CC(C)C)c(C#N)c1N. The zero-order valence-electron chi connectivity index (χ0n) is 11.0. The van der Waals surface area contributed by atoms with E-state index in [0.29, 0.717) is 17.3 Å². The summed E-state index contributed by atoms with van der Waals surface area (Å²) in [6.45, 7) is 7.21. The molecule has 0 radical (unpaired) electrons. The summed E-state index contributed by atoms with van der Waals surface area (Å²) in [4.78, 5) is 0. The number of nitrogens with two attached hydrogens (primary N) is 1. The molecule has 0 spiro atoms. The molecule has 4 nitrogen and oxygen atoms in total. The number of aryl methyl sites for hydroxylation is 1. The number of unbranched alkanes of at least 4 members (excludes halogenated alkanes) is 2. The number of aromatic nitrogens is 2. The van der Waals surface area contributed by atoms with Gasteiger partial charge in [-0.05, 0) is 18.8 Å². The maximum absolute atomic E-state index is 9.11. The van der Waals surface area contributed by atoms with Gasteiger partial charge in [-0.3, -0.25) is 0 Å². The zero-order valence-corrected chi connectivity index (χ0v) is 11.0. The van der Waals surface area contributed by atoms with Crippen molar-refractivity contribution in [2.75, 3.05) is 5.73 Å². The smallest absolute Gasteiger partial charge is 0.140 e. The summed E-state index contributed by atoms with van der Waals surface area (Å²) in [5.41, 5.74) is 7.36. The monoisotopic (exact) mass is 234 g/mol. The second kappa shape index (κ2) is 6.29. The van der Waals surface area contributed by atoms with Gasteiger partial charge in [-0.2, -0.15) is 10.4 Å². The molecular weight excluding hydrogens is 212 g/mol. The molecule has 4 heteroatoms. The van der Waals surface area contributed by atoms with E-state index in [4.69, 9.17) is 11.0 Å². The fraction of sp³-hybridized carbons (Fsp3) is 0.692. The van der Waals surface area contributed by atoms with Crippen LogP contribution in [-0.2, 0) is 13.0 Å². The predicted octanol–water partition coefficient (Wildman–Crippen LogP) is 2.73. The second-order valence-electron chi connectivity index (χ2n) is 4.85. The maximum Gasteiger partial charge on any atom is 0.140 e. The molecule has 1 heterocycles. The Morgan fingerprint density at radius 3 is 2.65 bits per heavy atom. The minimum absolute atomic E-state index is 0.487. The molecule has 0 fully saturated rings. The number of rotatable bonds is 6. The molecule has 0 unspecified atom stereocenters. The summed E-state index contributed by atoms with van der Waals surface area (Å²) in [7, 11) is 0. The lowest BCUT2D eigenvalue weighted by molar-refractivity contribution is 0.544. The summed E-state index contributed by atoms with van der Waals surface area (Å²) < 4.78 is 1.78. The molecule has 0 aliphatic heterocycles. The van der Waals surface area contributed by atoms with Gasteiger partial charge in [0.25, 0.3) is 0 Å². The van der Waals surface area contributed by atoms with Gasteiger partial charge in [0.2, 0.25) is 0 Å². The van der Waals surface area contributed by atoms with Crippen molar-refractivity contribution in [1.82, 2.24) is 9.78 Å². The Labute approximate surface area is 103 Å². The number of nitrogens with zero attached hydrogens (tertiary/aromatic N) is 3. The summed E-state index contributed by atoms with van der Waals surface area (Å²) in [5.74, 6) is 1.01. The van der Waals surface area contributed by atoms with Crippen LogP contribution in [0.4, 0.5) is 5.82 Å². The Hall–Kier alpha value is -1.50. The fourth-order valence-electron chi connectivity index (χ4n) is 1.86. The zero-order chi connectivity index (χ0) is 12.8. The van der Waals surface area contributed by atoms with Crippen molar-refractivity contribution in [2.24, 2.45) is 5.92 Å². The quantitative estimate of drug-likeness (QED) is 0.769. The maximum atomic E-state index is 9.11. The highest BCUT2D eigenvalue weighted by Gasteiger charge is 2.15. The van der Waals surface area contributed by atoms with Gasteiger partial charge in [-0.15, -0.1) is 0 Å². The van der Waals surface area contributed by atoms with Crippen LogP contribution in [0, 0.1) is 17.2 Å². The van der Waals surface area contributed by atoms with E-state index in [9.17, 15) is 0 Å². The molecule has 17 heavy (non-hydrogen) atoms. The lowest BCUT2D eigenvalue weighted by atomic mass is 10.1. The van der Waals surface area contributed by atoms with E-state index < -0.39 is 0 Å². The first kappa shape index (κ1) is 13.6. The Morgan fingerprint density at radius 2 is 2.12 bits per heavy atom. The van der Waals surface area contributed by atoms with E-state index in [1.807, 2.05) is 0 Å². The first-order valence-corrected chi connectivity index (χ1v) is 6.35. The number of anilines is 1. The Morgan fingerprint density at radius 1 is 1.41 bits per heavy atom. The summed E-state index contributed by atoms with van der Waals surface area (Å²) >= 11 is 0. The predicted molar refractivity (Wildman–Crippen MR) is 69.4 cm³/mol. The number of hydrogen-bond acceptors (Lipinski definition) is 3. The Kier molecular flexibility index (Phi) is 5.02. The van der Waals surface area contributed by atoms with Crippen molar-refractivity contribution < 1.29 is 0 Å². The van der Waals surface area contributed by atoms with Crippen LogP contribution in [-0.4, -0.2) is 9.78 Å². The molecule has 1 aromatic heterocycles. The minimum atomic E-state index is 0.487. The first-order chi connectivity index (χ1) is 8.10. The average Bonchev–Trinajstić information content (AvgIpc) is 2.55. The van der Waals surface area contributed by atoms with Crippen molar-refractivity contribution in [1.29, 1.82) is 5.26 Å². The molecule has 94 valence electrons. The van der Waals surface area contributed by atoms with Gasteiger partial charge >= 0.3 is 0 Å². The molecule has 0 aromatic carbocycles. The normalized spacial score (nSPS) is 10.8. The van der Waals surface area contributed by atoms with Crippen LogP contribution >= 0.6 is 0 Å². The standard InChI is InChI=1S/C13H22N4/c1-4-5-6-7-17-13(15)11(9-14)12(16-17)8-10(2)3/h10H,4-8,15H2,1-3H3. The van der Waals surface area contributed by atoms with Crippen molar-refractivity contribution in [3.05, 3.63) is 11.3 Å². The van der Waals surface area contributed by atoms with E-state index in [0.717, 1.165) is 25.1 Å². The van der Waals surface area contributed by atoms with Gasteiger partial charge in [-0.1, -0.05) is 33.6 Å². The van der Waals surface area contributed by atoms with Crippen LogP contribution in [0.15, 0.2) is 0 Å². The van der Waals surface area contributed by atoms with Crippen LogP contribution in [0.3, 0.4) is 0 Å². The van der Waals surface area contributed by atoms with E-state index in [1.165, 1.54) is 12.8 Å². The third kappa shape index (κ3) is 3.48. The largest absolute Gasteiger partial charge is 0.383 e. The molecular formula is C13H22N4. The summed E-state index contributed by atoms with van der Waals surface area (Å²) in [5, 5.41) is 13.6. The van der Waals surface area contributed by atoms with Gasteiger partial charge in [0.05, 0.1) is 5.69 Å². The van der Waals surface area contributed by atoms with Crippen LogP contribution in [0.5, 0.6) is 0 Å². The van der Waals surface area contributed by atoms with E-state index in [2.05, 4.69) is 31.9 Å². The second-order valence-corrected chi connectivity index (χ2v) is 4.85. The number of hydrogen-bond donors (Lipinski definition) is 1. The molecule has 0 saturated heterocycles. The van der Waals surface area contributed by atoms with Gasteiger partial charge in [-0.25, -0.2) is 4.68 Å². The molecule has 0 aliphatic carbocycles. The molecule has 0 saturated carbocycles. The number of nitrogen functional groups attached to an aromatic ring is 1. The molecule has 0 bridgehead atoms. The molecule has 0 atom stereocenters. The molecule has 1 rings (SSSR count). The van der Waals surface area contributed by atoms with Crippen molar-refractivity contribution in [3.63, 3.8) is 0 Å². The lowest BCUT2D eigenvalue weighted by Gasteiger charge is -2.02. The highest BCUT2D eigenvalue weighted by atomic mass is 15.3. The van der Waals surface area contributed by atoms with Crippen LogP contribution < -0.4 is 5.73 Å². The third-order valence-corrected chi connectivity index (χ3v) is 2.75. The first-order valence-electron chi connectivity index (χ1n) is 6.35. The van der Waals surface area contributed by atoms with Crippen LogP contribution in [0.2, 0.25) is 0 Å². The van der Waals surface area contributed by atoms with E-state index in [-0.39, 0.29) is 0 Å². The Bertz CT molecular complexity index is 398. The Balaban J connectivity index is 2.85. The van der Waals surface area contributed by atoms with Gasteiger partial charge in [0.15, 0.2) is 0 Å². The third-order valence-electron chi connectivity index (χ3n) is 2.75. The molecule has 0 aliphatic rings.